The largest absolute Gasteiger partial charge is 0.326 e. The lowest BCUT2D eigenvalue weighted by Crippen LogP contribution is -2.22. The van der Waals surface area contributed by atoms with Crippen molar-refractivity contribution < 1.29 is 18.8 Å². The molecule has 4 amide bonds. The molecule has 0 saturated carbocycles. The van der Waals surface area contributed by atoms with Gasteiger partial charge in [-0.1, -0.05) is 24.3 Å². The topological polar surface area (TPSA) is 87.3 Å². The highest BCUT2D eigenvalue weighted by Crippen LogP contribution is 2.19. The second kappa shape index (κ2) is 7.12. The molecular weight excluding hydrogens is 325 g/mol. The van der Waals surface area contributed by atoms with Gasteiger partial charge in [-0.15, -0.1) is 0 Å². The van der Waals surface area contributed by atoms with E-state index >= 15 is 0 Å². The summed E-state index contributed by atoms with van der Waals surface area (Å²) >= 11 is 0. The van der Waals surface area contributed by atoms with E-state index < -0.39 is 18.0 Å². The van der Waals surface area contributed by atoms with E-state index in [9.17, 15) is 18.8 Å². The van der Waals surface area contributed by atoms with Crippen molar-refractivity contribution in [1.82, 2.24) is 10.6 Å². The minimum atomic E-state index is -0.717. The number of urea groups is 1. The first-order valence-corrected chi connectivity index (χ1v) is 7.77. The number of carbonyl (C=O) groups excluding carboxylic acids is 3. The van der Waals surface area contributed by atoms with Gasteiger partial charge in [0.1, 0.15) is 11.9 Å². The zero-order valence-electron chi connectivity index (χ0n) is 13.2. The molecule has 25 heavy (non-hydrogen) atoms. The summed E-state index contributed by atoms with van der Waals surface area (Å²) in [6, 6.07) is 11.6. The summed E-state index contributed by atoms with van der Waals surface area (Å²) in [5.41, 5.74) is 1.97. The number of anilines is 1. The van der Waals surface area contributed by atoms with Crippen molar-refractivity contribution >= 4 is 23.5 Å². The first-order chi connectivity index (χ1) is 12.0. The predicted octanol–water partition coefficient (Wildman–Crippen LogP) is 2.28. The summed E-state index contributed by atoms with van der Waals surface area (Å²) in [4.78, 5) is 34.7. The van der Waals surface area contributed by atoms with Gasteiger partial charge in [-0.2, -0.15) is 0 Å². The molecule has 0 spiro atoms. The van der Waals surface area contributed by atoms with E-state index in [1.54, 1.807) is 36.4 Å². The molecule has 1 atom stereocenters. The zero-order valence-corrected chi connectivity index (χ0v) is 13.2. The van der Waals surface area contributed by atoms with Crippen LogP contribution in [0.2, 0.25) is 0 Å². The van der Waals surface area contributed by atoms with E-state index in [1.807, 2.05) is 0 Å². The van der Waals surface area contributed by atoms with Crippen LogP contribution in [0, 0.1) is 5.82 Å². The molecule has 1 fully saturated rings. The van der Waals surface area contributed by atoms with Crippen molar-refractivity contribution in [2.45, 2.75) is 18.9 Å². The van der Waals surface area contributed by atoms with Crippen LogP contribution in [0.15, 0.2) is 48.5 Å². The monoisotopic (exact) mass is 341 g/mol. The number of hydrogen-bond acceptors (Lipinski definition) is 3. The summed E-state index contributed by atoms with van der Waals surface area (Å²) in [6.07, 6.45) is 0.669. The number of imide groups is 1. The van der Waals surface area contributed by atoms with E-state index in [4.69, 9.17) is 0 Å². The van der Waals surface area contributed by atoms with Gasteiger partial charge in [0.2, 0.25) is 5.91 Å². The Morgan fingerprint density at radius 3 is 2.52 bits per heavy atom. The molecule has 1 heterocycles. The first-order valence-electron chi connectivity index (χ1n) is 7.77. The maximum absolute atomic E-state index is 13.1. The molecule has 1 aliphatic rings. The lowest BCUT2D eigenvalue weighted by atomic mass is 10.1. The Morgan fingerprint density at radius 1 is 1.12 bits per heavy atom. The van der Waals surface area contributed by atoms with Crippen LogP contribution < -0.4 is 16.0 Å². The second-order valence-electron chi connectivity index (χ2n) is 5.70. The van der Waals surface area contributed by atoms with Gasteiger partial charge in [0.25, 0.3) is 5.91 Å². The van der Waals surface area contributed by atoms with E-state index in [-0.39, 0.29) is 18.1 Å². The molecule has 2 aromatic carbocycles. The van der Waals surface area contributed by atoms with Crippen LogP contribution in [0.3, 0.4) is 0 Å². The van der Waals surface area contributed by atoms with Crippen LogP contribution in [0.25, 0.3) is 0 Å². The number of benzene rings is 2. The quantitative estimate of drug-likeness (QED) is 0.729. The van der Waals surface area contributed by atoms with Gasteiger partial charge >= 0.3 is 6.03 Å². The summed E-state index contributed by atoms with van der Waals surface area (Å²) in [5.74, 6) is -0.919. The minimum absolute atomic E-state index is 0.191. The highest BCUT2D eigenvalue weighted by Gasteiger charge is 2.30. The highest BCUT2D eigenvalue weighted by atomic mass is 19.1. The van der Waals surface area contributed by atoms with E-state index in [1.165, 1.54) is 12.1 Å². The third kappa shape index (κ3) is 4.20. The molecule has 0 aromatic heterocycles. The van der Waals surface area contributed by atoms with Gasteiger partial charge in [-0.05, 0) is 41.8 Å². The normalized spacial score (nSPS) is 16.3. The fraction of sp³-hybridized carbons (Fsp3) is 0.167. The Balaban J connectivity index is 1.55. The maximum Gasteiger partial charge on any atom is 0.322 e. The predicted molar refractivity (Wildman–Crippen MR) is 89.2 cm³/mol. The third-order valence-electron chi connectivity index (χ3n) is 3.83. The van der Waals surface area contributed by atoms with Crippen LogP contribution in [0.1, 0.15) is 23.6 Å². The van der Waals surface area contributed by atoms with Gasteiger partial charge < -0.3 is 10.6 Å². The van der Waals surface area contributed by atoms with Crippen LogP contribution >= 0.6 is 0 Å². The SMILES string of the molecule is O=C(CCc1cccc(F)c1)Nc1ccc(C2NC(=O)NC2=O)cc1. The van der Waals surface area contributed by atoms with Gasteiger partial charge in [-0.3, -0.25) is 14.9 Å². The number of carbonyl (C=O) groups is 3. The van der Waals surface area contributed by atoms with Crippen LogP contribution in [0.5, 0.6) is 0 Å². The highest BCUT2D eigenvalue weighted by molar-refractivity contribution is 6.04. The molecule has 0 aliphatic carbocycles. The van der Waals surface area contributed by atoms with Crippen molar-refractivity contribution in [3.8, 4) is 0 Å². The smallest absolute Gasteiger partial charge is 0.322 e. The number of nitrogens with one attached hydrogen (secondary N) is 3. The van der Waals surface area contributed by atoms with Crippen molar-refractivity contribution in [3.63, 3.8) is 0 Å². The van der Waals surface area contributed by atoms with E-state index in [0.717, 1.165) is 5.56 Å². The zero-order chi connectivity index (χ0) is 17.8. The number of rotatable bonds is 5. The molecule has 0 bridgehead atoms. The molecule has 3 rings (SSSR count). The van der Waals surface area contributed by atoms with Crippen molar-refractivity contribution in [1.29, 1.82) is 0 Å². The van der Waals surface area contributed by atoms with Crippen molar-refractivity contribution in [3.05, 3.63) is 65.5 Å². The Morgan fingerprint density at radius 2 is 1.88 bits per heavy atom. The Kier molecular flexibility index (Phi) is 4.74. The molecule has 1 saturated heterocycles. The van der Waals surface area contributed by atoms with Crippen LogP contribution in [0.4, 0.5) is 14.9 Å². The number of aryl methyl sites for hydroxylation is 1. The summed E-state index contributed by atoms with van der Waals surface area (Å²) in [7, 11) is 0. The molecule has 1 aliphatic heterocycles. The second-order valence-corrected chi connectivity index (χ2v) is 5.70. The molecule has 6 nitrogen and oxygen atoms in total. The minimum Gasteiger partial charge on any atom is -0.326 e. The molecule has 0 radical (unpaired) electrons. The van der Waals surface area contributed by atoms with Crippen molar-refractivity contribution in [2.75, 3.05) is 5.32 Å². The molecular formula is C18H16FN3O3. The van der Waals surface area contributed by atoms with Gasteiger partial charge in [-0.25, -0.2) is 9.18 Å². The first kappa shape index (κ1) is 16.6. The number of halogens is 1. The molecule has 128 valence electrons. The summed E-state index contributed by atoms with van der Waals surface area (Å²) in [6.45, 7) is 0. The van der Waals surface area contributed by atoms with Gasteiger partial charge in [0, 0.05) is 12.1 Å². The molecule has 3 N–H and O–H groups in total. The average Bonchev–Trinajstić information content (AvgIpc) is 2.92. The van der Waals surface area contributed by atoms with Crippen molar-refractivity contribution in [2.24, 2.45) is 0 Å². The fourth-order valence-corrected chi connectivity index (χ4v) is 2.58. The standard InChI is InChI=1S/C18H16FN3O3/c19-13-3-1-2-11(10-13)4-9-15(23)20-14-7-5-12(6-8-14)16-17(24)22-18(25)21-16/h1-3,5-8,10,16H,4,9H2,(H,20,23)(H2,21,22,24,25). The van der Waals surface area contributed by atoms with E-state index in [0.29, 0.717) is 17.7 Å². The number of amides is 4. The lowest BCUT2D eigenvalue weighted by Gasteiger charge is -2.09. The third-order valence-corrected chi connectivity index (χ3v) is 3.83. The molecule has 2 aromatic rings. The summed E-state index contributed by atoms with van der Waals surface area (Å²) in [5, 5.41) is 7.41. The maximum atomic E-state index is 13.1. The van der Waals surface area contributed by atoms with Crippen LogP contribution in [-0.2, 0) is 16.0 Å². The van der Waals surface area contributed by atoms with Gasteiger partial charge in [0.05, 0.1) is 0 Å². The lowest BCUT2D eigenvalue weighted by molar-refractivity contribution is -0.120. The molecule has 1 unspecified atom stereocenters. The summed E-state index contributed by atoms with van der Waals surface area (Å²) < 4.78 is 13.1. The number of hydrogen-bond donors (Lipinski definition) is 3. The Labute approximate surface area is 143 Å². The Bertz CT molecular complexity index is 821. The Hall–Kier alpha value is -3.22. The average molecular weight is 341 g/mol. The molecule has 7 heteroatoms. The van der Waals surface area contributed by atoms with E-state index in [2.05, 4.69) is 16.0 Å². The van der Waals surface area contributed by atoms with Gasteiger partial charge in [0.15, 0.2) is 0 Å². The fourth-order valence-electron chi connectivity index (χ4n) is 2.58. The van der Waals surface area contributed by atoms with Crippen LogP contribution in [-0.4, -0.2) is 17.8 Å².